The van der Waals surface area contributed by atoms with Crippen LogP contribution in [0.3, 0.4) is 0 Å². The average Bonchev–Trinajstić information content (AvgIpc) is 3.19. The predicted molar refractivity (Wildman–Crippen MR) is 110 cm³/mol. The number of hydrogen-bond acceptors (Lipinski definition) is 4. The van der Waals surface area contributed by atoms with Gasteiger partial charge in [-0.05, 0) is 43.7 Å². The normalized spacial score (nSPS) is 11.1. The number of pyridine rings is 1. The molecule has 0 atom stereocenters. The third-order valence-corrected chi connectivity index (χ3v) is 5.75. The lowest BCUT2D eigenvalue weighted by Crippen LogP contribution is -2.11. The van der Waals surface area contributed by atoms with Gasteiger partial charge in [0, 0.05) is 16.1 Å². The lowest BCUT2D eigenvalue weighted by Gasteiger charge is -2.05. The van der Waals surface area contributed by atoms with Crippen LogP contribution in [0, 0.1) is 13.8 Å². The molecular weight excluding hydrogens is 380 g/mol. The van der Waals surface area contributed by atoms with E-state index in [1.54, 1.807) is 6.07 Å². The van der Waals surface area contributed by atoms with Gasteiger partial charge in [0.05, 0.1) is 17.1 Å². The maximum atomic E-state index is 12.6. The van der Waals surface area contributed by atoms with Crippen LogP contribution in [0.4, 0.5) is 5.82 Å². The molecule has 136 valence electrons. The summed E-state index contributed by atoms with van der Waals surface area (Å²) in [6.45, 7) is 4.40. The Labute approximate surface area is 165 Å². The number of carbonyl (C=O) groups excluding carboxylic acids is 1. The first-order valence-corrected chi connectivity index (χ1v) is 9.66. The number of aromatic nitrogens is 3. The fourth-order valence-corrected chi connectivity index (χ4v) is 4.16. The number of nitrogens with zero attached hydrogens (tertiary/aromatic N) is 3. The summed E-state index contributed by atoms with van der Waals surface area (Å²) < 4.78 is 1.90. The van der Waals surface area contributed by atoms with Crippen LogP contribution in [0.5, 0.6) is 0 Å². The largest absolute Gasteiger partial charge is 0.306 e. The molecule has 3 aromatic heterocycles. The predicted octanol–water partition coefficient (Wildman–Crippen LogP) is 5.06. The molecule has 0 aliphatic rings. The number of anilines is 1. The van der Waals surface area contributed by atoms with E-state index >= 15 is 0 Å². The summed E-state index contributed by atoms with van der Waals surface area (Å²) >= 11 is 7.70. The highest BCUT2D eigenvalue weighted by molar-refractivity contribution is 7.20. The van der Waals surface area contributed by atoms with Gasteiger partial charge in [0.2, 0.25) is 0 Å². The first-order valence-electron chi connectivity index (χ1n) is 8.46. The minimum absolute atomic E-state index is 0.169. The number of nitrogens with one attached hydrogen (secondary N) is 1. The van der Waals surface area contributed by atoms with Crippen molar-refractivity contribution in [1.82, 2.24) is 14.8 Å². The van der Waals surface area contributed by atoms with E-state index in [9.17, 15) is 4.79 Å². The summed E-state index contributed by atoms with van der Waals surface area (Å²) in [4.78, 5) is 18.5. The number of amides is 1. The molecule has 0 aliphatic heterocycles. The smallest absolute Gasteiger partial charge is 0.266 e. The van der Waals surface area contributed by atoms with Gasteiger partial charge in [0.15, 0.2) is 0 Å². The van der Waals surface area contributed by atoms with E-state index in [1.807, 2.05) is 61.0 Å². The van der Waals surface area contributed by atoms with E-state index in [1.165, 1.54) is 11.3 Å². The molecule has 1 amide bonds. The maximum Gasteiger partial charge on any atom is 0.266 e. The van der Waals surface area contributed by atoms with Gasteiger partial charge in [-0.25, -0.2) is 4.98 Å². The van der Waals surface area contributed by atoms with Gasteiger partial charge >= 0.3 is 0 Å². The fraction of sp³-hybridized carbons (Fsp3) is 0.150. The first-order chi connectivity index (χ1) is 13.0. The Hall–Kier alpha value is -2.70. The molecule has 7 heteroatoms. The van der Waals surface area contributed by atoms with Crippen LogP contribution in [-0.2, 0) is 6.54 Å². The van der Waals surface area contributed by atoms with Crippen molar-refractivity contribution in [2.24, 2.45) is 0 Å². The van der Waals surface area contributed by atoms with Gasteiger partial charge in [-0.1, -0.05) is 35.9 Å². The Bertz CT molecular complexity index is 1150. The molecule has 0 saturated heterocycles. The molecule has 0 unspecified atom stereocenters. The Kier molecular flexibility index (Phi) is 4.68. The minimum Gasteiger partial charge on any atom is -0.306 e. The van der Waals surface area contributed by atoms with Crippen LogP contribution < -0.4 is 5.32 Å². The SMILES string of the molecule is Cc1cccc(NC(=O)c2cc3c(C)nn(Cc4ccccc4Cl)c3s2)n1. The van der Waals surface area contributed by atoms with Crippen molar-refractivity contribution < 1.29 is 4.79 Å². The molecule has 0 fully saturated rings. The molecule has 0 spiro atoms. The zero-order chi connectivity index (χ0) is 19.0. The molecule has 1 aromatic carbocycles. The Morgan fingerprint density at radius 2 is 2.00 bits per heavy atom. The van der Waals surface area contributed by atoms with Crippen molar-refractivity contribution in [3.8, 4) is 0 Å². The lowest BCUT2D eigenvalue weighted by atomic mass is 10.2. The van der Waals surface area contributed by atoms with Crippen molar-refractivity contribution >= 4 is 44.9 Å². The standard InChI is InChI=1S/C20H17ClN4OS/c1-12-6-5-9-18(22-12)23-19(26)17-10-15-13(2)24-25(20(15)27-17)11-14-7-3-4-8-16(14)21/h3-10H,11H2,1-2H3,(H,22,23,26). The highest BCUT2D eigenvalue weighted by Gasteiger charge is 2.17. The Morgan fingerprint density at radius 3 is 2.78 bits per heavy atom. The molecule has 3 heterocycles. The van der Waals surface area contributed by atoms with Gasteiger partial charge in [-0.2, -0.15) is 5.10 Å². The van der Waals surface area contributed by atoms with Gasteiger partial charge in [0.25, 0.3) is 5.91 Å². The van der Waals surface area contributed by atoms with Crippen molar-refractivity contribution in [3.05, 3.63) is 75.4 Å². The third kappa shape index (κ3) is 3.59. The maximum absolute atomic E-state index is 12.6. The van der Waals surface area contributed by atoms with E-state index in [4.69, 9.17) is 11.6 Å². The van der Waals surface area contributed by atoms with E-state index in [0.717, 1.165) is 27.2 Å². The highest BCUT2D eigenvalue weighted by Crippen LogP contribution is 2.30. The molecular formula is C20H17ClN4OS. The van der Waals surface area contributed by atoms with Crippen molar-refractivity contribution in [2.75, 3.05) is 5.32 Å². The Balaban J connectivity index is 1.64. The summed E-state index contributed by atoms with van der Waals surface area (Å²) in [7, 11) is 0. The van der Waals surface area contributed by atoms with Crippen molar-refractivity contribution in [1.29, 1.82) is 0 Å². The second-order valence-electron chi connectivity index (χ2n) is 6.28. The second-order valence-corrected chi connectivity index (χ2v) is 7.72. The molecule has 4 aromatic rings. The number of thiophene rings is 1. The summed E-state index contributed by atoms with van der Waals surface area (Å²) in [6, 6.07) is 15.1. The molecule has 0 aliphatic carbocycles. The van der Waals surface area contributed by atoms with Crippen molar-refractivity contribution in [3.63, 3.8) is 0 Å². The summed E-state index contributed by atoms with van der Waals surface area (Å²) in [5.74, 6) is 0.380. The number of hydrogen-bond donors (Lipinski definition) is 1. The topological polar surface area (TPSA) is 59.8 Å². The summed E-state index contributed by atoms with van der Waals surface area (Å²) in [5, 5.41) is 9.15. The van der Waals surface area contributed by atoms with Gasteiger partial charge in [0.1, 0.15) is 10.6 Å². The van der Waals surface area contributed by atoms with Gasteiger partial charge in [-0.15, -0.1) is 11.3 Å². The number of rotatable bonds is 4. The molecule has 0 radical (unpaired) electrons. The first kappa shape index (κ1) is 17.7. The summed E-state index contributed by atoms with van der Waals surface area (Å²) in [5.41, 5.74) is 2.74. The van der Waals surface area contributed by atoms with E-state index in [-0.39, 0.29) is 5.91 Å². The van der Waals surface area contributed by atoms with Gasteiger partial charge < -0.3 is 5.32 Å². The number of halogens is 1. The zero-order valence-electron chi connectivity index (χ0n) is 14.9. The second kappa shape index (κ2) is 7.13. The third-order valence-electron chi connectivity index (χ3n) is 4.24. The van der Waals surface area contributed by atoms with Gasteiger partial charge in [-0.3, -0.25) is 9.48 Å². The molecule has 0 saturated carbocycles. The molecule has 4 rings (SSSR count). The molecule has 27 heavy (non-hydrogen) atoms. The van der Waals surface area contributed by atoms with Crippen LogP contribution in [0.1, 0.15) is 26.6 Å². The van der Waals surface area contributed by atoms with Crippen LogP contribution in [0.25, 0.3) is 10.2 Å². The number of fused-ring (bicyclic) bond motifs is 1. The Morgan fingerprint density at radius 1 is 1.19 bits per heavy atom. The van der Waals surface area contributed by atoms with Crippen LogP contribution in [-0.4, -0.2) is 20.7 Å². The number of benzene rings is 1. The number of carbonyl (C=O) groups is 1. The van der Waals surface area contributed by atoms with E-state index < -0.39 is 0 Å². The zero-order valence-corrected chi connectivity index (χ0v) is 16.4. The van der Waals surface area contributed by atoms with Crippen LogP contribution in [0.15, 0.2) is 48.5 Å². The highest BCUT2D eigenvalue weighted by atomic mass is 35.5. The quantitative estimate of drug-likeness (QED) is 0.524. The molecule has 5 nitrogen and oxygen atoms in total. The summed E-state index contributed by atoms with van der Waals surface area (Å²) in [6.07, 6.45) is 0. The average molecular weight is 397 g/mol. The van der Waals surface area contributed by atoms with E-state index in [2.05, 4.69) is 15.4 Å². The van der Waals surface area contributed by atoms with Crippen LogP contribution >= 0.6 is 22.9 Å². The molecule has 0 bridgehead atoms. The monoisotopic (exact) mass is 396 g/mol. The minimum atomic E-state index is -0.169. The molecule has 1 N–H and O–H groups in total. The lowest BCUT2D eigenvalue weighted by molar-refractivity contribution is 0.103. The van der Waals surface area contributed by atoms with E-state index in [0.29, 0.717) is 22.3 Å². The van der Waals surface area contributed by atoms with Crippen LogP contribution in [0.2, 0.25) is 5.02 Å². The number of aryl methyl sites for hydroxylation is 2. The van der Waals surface area contributed by atoms with Crippen molar-refractivity contribution in [2.45, 2.75) is 20.4 Å². The fourth-order valence-electron chi connectivity index (χ4n) is 2.91.